The van der Waals surface area contributed by atoms with Gasteiger partial charge < -0.3 is 19.9 Å². The maximum absolute atomic E-state index is 12.3. The smallest absolute Gasteiger partial charge is 0.271 e. The Kier molecular flexibility index (Phi) is 7.62. The van der Waals surface area contributed by atoms with Crippen molar-refractivity contribution in [2.24, 2.45) is 0 Å². The van der Waals surface area contributed by atoms with Crippen LogP contribution in [0.15, 0.2) is 24.3 Å². The number of amides is 1. The van der Waals surface area contributed by atoms with Gasteiger partial charge in [-0.05, 0) is 32.0 Å². The number of nitrogens with zero attached hydrogens (tertiary/aromatic N) is 3. The fraction of sp³-hybridized carbons (Fsp3) is 0.588. The van der Waals surface area contributed by atoms with E-state index in [1.165, 1.54) is 6.07 Å². The predicted octanol–water partition coefficient (Wildman–Crippen LogP) is 1.43. The molecule has 1 aromatic rings. The van der Waals surface area contributed by atoms with Crippen LogP contribution in [0.1, 0.15) is 12.8 Å². The quantitative estimate of drug-likeness (QED) is 0.610. The van der Waals surface area contributed by atoms with Crippen molar-refractivity contribution in [1.29, 1.82) is 0 Å². The molecule has 0 aliphatic carbocycles. The Balaban J connectivity index is 0.00000243. The second-order valence-corrected chi connectivity index (χ2v) is 6.41. The van der Waals surface area contributed by atoms with Crippen LogP contribution >= 0.6 is 12.4 Å². The minimum Gasteiger partial charge on any atom is -0.368 e. The summed E-state index contributed by atoms with van der Waals surface area (Å²) in [4.78, 5) is 26.7. The fourth-order valence-electron chi connectivity index (χ4n) is 3.26. The monoisotopic (exact) mass is 384 g/mol. The highest BCUT2D eigenvalue weighted by Gasteiger charge is 2.23. The van der Waals surface area contributed by atoms with Crippen LogP contribution in [0.25, 0.3) is 0 Å². The van der Waals surface area contributed by atoms with Gasteiger partial charge in [0.25, 0.3) is 5.69 Å². The van der Waals surface area contributed by atoms with Crippen LogP contribution in [-0.2, 0) is 9.53 Å². The van der Waals surface area contributed by atoms with Crippen molar-refractivity contribution >= 4 is 29.7 Å². The number of piperazine rings is 1. The first-order chi connectivity index (χ1) is 12.1. The molecule has 2 aliphatic rings. The van der Waals surface area contributed by atoms with Crippen molar-refractivity contribution in [3.63, 3.8) is 0 Å². The fourth-order valence-corrected chi connectivity index (χ4v) is 3.26. The van der Waals surface area contributed by atoms with E-state index < -0.39 is 0 Å². The van der Waals surface area contributed by atoms with Crippen LogP contribution in [0.5, 0.6) is 0 Å². The molecule has 8 nitrogen and oxygen atoms in total. The number of hydrogen-bond donors (Lipinski definition) is 1. The molecule has 2 saturated heterocycles. The van der Waals surface area contributed by atoms with Crippen LogP contribution in [0.3, 0.4) is 0 Å². The number of benzene rings is 1. The maximum Gasteiger partial charge on any atom is 0.271 e. The van der Waals surface area contributed by atoms with Gasteiger partial charge in [-0.2, -0.15) is 0 Å². The van der Waals surface area contributed by atoms with Gasteiger partial charge >= 0.3 is 0 Å². The molecular formula is C17H25ClN4O4. The van der Waals surface area contributed by atoms with Gasteiger partial charge in [0.1, 0.15) is 6.61 Å². The molecule has 2 fully saturated rings. The van der Waals surface area contributed by atoms with E-state index in [9.17, 15) is 14.9 Å². The number of halogens is 1. The van der Waals surface area contributed by atoms with Crippen LogP contribution < -0.4 is 10.2 Å². The second-order valence-electron chi connectivity index (χ2n) is 6.41. The average Bonchev–Trinajstić information content (AvgIpc) is 2.67. The Morgan fingerprint density at radius 1 is 1.23 bits per heavy atom. The Morgan fingerprint density at radius 2 is 1.92 bits per heavy atom. The topological polar surface area (TPSA) is 88.0 Å². The summed E-state index contributed by atoms with van der Waals surface area (Å²) in [5.74, 6) is 0.0252. The maximum atomic E-state index is 12.3. The highest BCUT2D eigenvalue weighted by Crippen LogP contribution is 2.22. The predicted molar refractivity (Wildman–Crippen MR) is 101 cm³/mol. The lowest BCUT2D eigenvalue weighted by molar-refractivity contribution is -0.384. The van der Waals surface area contributed by atoms with Gasteiger partial charge in [0.15, 0.2) is 0 Å². The summed E-state index contributed by atoms with van der Waals surface area (Å²) < 4.78 is 5.73. The molecule has 1 N–H and O–H groups in total. The number of piperidine rings is 1. The number of carbonyl (C=O) groups excluding carboxylic acids is 1. The van der Waals surface area contributed by atoms with E-state index in [0.29, 0.717) is 26.2 Å². The summed E-state index contributed by atoms with van der Waals surface area (Å²) >= 11 is 0. The molecule has 0 unspecified atom stereocenters. The summed E-state index contributed by atoms with van der Waals surface area (Å²) in [5, 5.41) is 14.2. The van der Waals surface area contributed by atoms with E-state index in [0.717, 1.165) is 31.6 Å². The van der Waals surface area contributed by atoms with E-state index in [1.807, 2.05) is 11.0 Å². The zero-order valence-corrected chi connectivity index (χ0v) is 15.5. The third kappa shape index (κ3) is 5.30. The van der Waals surface area contributed by atoms with Crippen molar-refractivity contribution in [3.05, 3.63) is 34.4 Å². The van der Waals surface area contributed by atoms with Gasteiger partial charge in [-0.3, -0.25) is 14.9 Å². The largest absolute Gasteiger partial charge is 0.368 e. The number of nitrogens with one attached hydrogen (secondary N) is 1. The van der Waals surface area contributed by atoms with Gasteiger partial charge in [-0.25, -0.2) is 0 Å². The van der Waals surface area contributed by atoms with E-state index in [2.05, 4.69) is 10.2 Å². The SMILES string of the molecule is Cl.O=C(COC1CCNCC1)N1CCN(c2cccc([N+](=O)[O-])c2)CC1. The lowest BCUT2D eigenvalue weighted by atomic mass is 10.1. The van der Waals surface area contributed by atoms with Gasteiger partial charge in [0.05, 0.1) is 11.0 Å². The minimum absolute atomic E-state index is 0. The zero-order valence-electron chi connectivity index (χ0n) is 14.6. The molecule has 9 heteroatoms. The molecule has 0 bridgehead atoms. The lowest BCUT2D eigenvalue weighted by Crippen LogP contribution is -2.50. The molecule has 0 atom stereocenters. The molecule has 0 spiro atoms. The summed E-state index contributed by atoms with van der Waals surface area (Å²) in [6.45, 7) is 4.58. The third-order valence-corrected chi connectivity index (χ3v) is 4.77. The molecule has 2 heterocycles. The molecule has 26 heavy (non-hydrogen) atoms. The molecule has 1 amide bonds. The Bertz CT molecular complexity index is 617. The summed E-state index contributed by atoms with van der Waals surface area (Å²) in [6, 6.07) is 6.63. The van der Waals surface area contributed by atoms with Crippen LogP contribution in [0, 0.1) is 10.1 Å². The Labute approximate surface area is 159 Å². The number of nitro benzene ring substituents is 1. The standard InChI is InChI=1S/C17H24N4O4.ClH/c22-17(13-25-16-4-6-18-7-5-16)20-10-8-19(9-11-20)14-2-1-3-15(12-14)21(23)24;/h1-3,12,16,18H,4-11,13H2;1H. The molecule has 0 radical (unpaired) electrons. The number of ether oxygens (including phenoxy) is 1. The molecule has 144 valence electrons. The molecule has 1 aromatic carbocycles. The number of rotatable bonds is 5. The lowest BCUT2D eigenvalue weighted by Gasteiger charge is -2.36. The highest BCUT2D eigenvalue weighted by molar-refractivity contribution is 5.85. The van der Waals surface area contributed by atoms with Gasteiger partial charge in [0.2, 0.25) is 5.91 Å². The van der Waals surface area contributed by atoms with Gasteiger partial charge in [-0.1, -0.05) is 6.07 Å². The minimum atomic E-state index is -0.388. The summed E-state index contributed by atoms with van der Waals surface area (Å²) in [5.41, 5.74) is 0.915. The van der Waals surface area contributed by atoms with E-state index in [1.54, 1.807) is 12.1 Å². The Morgan fingerprint density at radius 3 is 2.58 bits per heavy atom. The molecule has 0 saturated carbocycles. The second kappa shape index (κ2) is 9.70. The summed E-state index contributed by atoms with van der Waals surface area (Å²) in [7, 11) is 0. The first-order valence-corrected chi connectivity index (χ1v) is 8.73. The van der Waals surface area contributed by atoms with Crippen molar-refractivity contribution in [3.8, 4) is 0 Å². The van der Waals surface area contributed by atoms with Crippen molar-refractivity contribution in [1.82, 2.24) is 10.2 Å². The number of non-ortho nitro benzene ring substituents is 1. The van der Waals surface area contributed by atoms with E-state index >= 15 is 0 Å². The van der Waals surface area contributed by atoms with Crippen molar-refractivity contribution in [2.45, 2.75) is 18.9 Å². The van der Waals surface area contributed by atoms with Crippen molar-refractivity contribution in [2.75, 3.05) is 50.8 Å². The first-order valence-electron chi connectivity index (χ1n) is 8.73. The van der Waals surface area contributed by atoms with Crippen molar-refractivity contribution < 1.29 is 14.5 Å². The molecular weight excluding hydrogens is 360 g/mol. The van der Waals surface area contributed by atoms with Crippen LogP contribution in [0.2, 0.25) is 0 Å². The number of carbonyl (C=O) groups is 1. The van der Waals surface area contributed by atoms with Crippen LogP contribution in [-0.4, -0.2) is 67.7 Å². The zero-order chi connectivity index (χ0) is 17.6. The first kappa shape index (κ1) is 20.4. The highest BCUT2D eigenvalue weighted by atomic mass is 35.5. The van der Waals surface area contributed by atoms with Gasteiger partial charge in [-0.15, -0.1) is 12.4 Å². The number of hydrogen-bond acceptors (Lipinski definition) is 6. The third-order valence-electron chi connectivity index (χ3n) is 4.77. The number of anilines is 1. The Hall–Kier alpha value is -1.90. The van der Waals surface area contributed by atoms with Gasteiger partial charge in [0, 0.05) is 44.0 Å². The van der Waals surface area contributed by atoms with E-state index in [-0.39, 0.29) is 41.6 Å². The van der Waals surface area contributed by atoms with Crippen LogP contribution in [0.4, 0.5) is 11.4 Å². The molecule has 3 rings (SSSR count). The normalized spacial score (nSPS) is 18.3. The average molecular weight is 385 g/mol. The summed E-state index contributed by atoms with van der Waals surface area (Å²) in [6.07, 6.45) is 2.08. The van der Waals surface area contributed by atoms with E-state index in [4.69, 9.17) is 4.74 Å². The number of nitro groups is 1. The molecule has 0 aromatic heterocycles. The molecule has 2 aliphatic heterocycles.